The molecule has 0 heterocycles. The van der Waals surface area contributed by atoms with Crippen molar-refractivity contribution in [3.63, 3.8) is 0 Å². The molecule has 2 atom stereocenters. The van der Waals surface area contributed by atoms with Crippen molar-refractivity contribution >= 4 is 23.9 Å². The van der Waals surface area contributed by atoms with E-state index in [-0.39, 0.29) is 12.6 Å². The van der Waals surface area contributed by atoms with Gasteiger partial charge in [0.15, 0.2) is 12.2 Å². The molecule has 3 aromatic rings. The fourth-order valence-corrected chi connectivity index (χ4v) is 4.99. The SMILES string of the molecule is C=CC(=O)OCCCCCCCCCCCOc1ccc(-c2ccc(C(=O)Oc3ccc(O[C@H](C)C(=O)O[C@@H](C)C(=O)OCC)cc3)cc2)cc1. The van der Waals surface area contributed by atoms with Crippen LogP contribution in [0.15, 0.2) is 85.5 Å². The van der Waals surface area contributed by atoms with Crippen LogP contribution in [0.3, 0.4) is 0 Å². The molecule has 0 spiro atoms. The molecule has 10 nitrogen and oxygen atoms in total. The molecule has 10 heteroatoms. The number of rotatable bonds is 23. The van der Waals surface area contributed by atoms with Crippen LogP contribution in [0.5, 0.6) is 17.2 Å². The van der Waals surface area contributed by atoms with E-state index in [9.17, 15) is 19.2 Å². The summed E-state index contributed by atoms with van der Waals surface area (Å²) in [6, 6.07) is 21.3. The lowest BCUT2D eigenvalue weighted by Crippen LogP contribution is -2.33. The predicted molar refractivity (Wildman–Crippen MR) is 194 cm³/mol. The summed E-state index contributed by atoms with van der Waals surface area (Å²) in [6.45, 7) is 9.34. The Hall–Kier alpha value is -5.12. The Morgan fingerprint density at radius 2 is 1.12 bits per heavy atom. The summed E-state index contributed by atoms with van der Waals surface area (Å²) >= 11 is 0. The van der Waals surface area contributed by atoms with Gasteiger partial charge in [0, 0.05) is 6.08 Å². The standard InChI is InChI=1S/C41H50O10/c1-5-38(42)48-29-15-13-11-9-7-8-10-12-14-28-47-35-22-20-33(21-23-35)32-16-18-34(19-17-32)41(45)51-37-26-24-36(25-27-37)49-31(4)40(44)50-30(3)39(43)46-6-2/h5,16-27,30-31H,1,6-15,28-29H2,2-4H3/t30-,31+/m0/s1. The molecule has 0 fully saturated rings. The van der Waals surface area contributed by atoms with Gasteiger partial charge in [0.25, 0.3) is 0 Å². The number of unbranched alkanes of at least 4 members (excludes halogenated alkanes) is 8. The third-order valence-corrected chi connectivity index (χ3v) is 7.87. The molecule has 0 saturated carbocycles. The van der Waals surface area contributed by atoms with Gasteiger partial charge in [-0.3, -0.25) is 0 Å². The lowest BCUT2D eigenvalue weighted by atomic mass is 10.0. The van der Waals surface area contributed by atoms with E-state index in [2.05, 4.69) is 6.58 Å². The number of benzene rings is 3. The molecule has 0 aliphatic heterocycles. The smallest absolute Gasteiger partial charge is 0.347 e. The Morgan fingerprint density at radius 3 is 1.69 bits per heavy atom. The molecule has 0 radical (unpaired) electrons. The van der Waals surface area contributed by atoms with E-state index in [4.69, 9.17) is 28.4 Å². The van der Waals surface area contributed by atoms with Crippen LogP contribution in [-0.2, 0) is 28.6 Å². The lowest BCUT2D eigenvalue weighted by Gasteiger charge is -2.17. The number of ether oxygens (including phenoxy) is 6. The first-order valence-corrected chi connectivity index (χ1v) is 17.7. The molecule has 0 N–H and O–H groups in total. The quantitative estimate of drug-likeness (QED) is 0.0313. The molecule has 274 valence electrons. The van der Waals surface area contributed by atoms with E-state index in [0.29, 0.717) is 30.3 Å². The fourth-order valence-electron chi connectivity index (χ4n) is 4.99. The molecule has 0 saturated heterocycles. The Kier molecular flexibility index (Phi) is 17.8. The molecule has 0 bridgehead atoms. The van der Waals surface area contributed by atoms with Crippen LogP contribution in [-0.4, -0.2) is 55.9 Å². The predicted octanol–water partition coefficient (Wildman–Crippen LogP) is 8.45. The summed E-state index contributed by atoms with van der Waals surface area (Å²) in [5.74, 6) is -0.697. The minimum absolute atomic E-state index is 0.187. The van der Waals surface area contributed by atoms with Crippen LogP contribution in [0.4, 0.5) is 0 Å². The maximum atomic E-state index is 12.8. The molecule has 0 aliphatic carbocycles. The summed E-state index contributed by atoms with van der Waals surface area (Å²) in [6.07, 6.45) is 9.35. The topological polar surface area (TPSA) is 124 Å². The van der Waals surface area contributed by atoms with E-state index in [1.54, 1.807) is 43.3 Å². The number of esters is 4. The first-order valence-electron chi connectivity index (χ1n) is 17.7. The van der Waals surface area contributed by atoms with Crippen LogP contribution < -0.4 is 14.2 Å². The van der Waals surface area contributed by atoms with E-state index in [0.717, 1.165) is 42.6 Å². The minimum Gasteiger partial charge on any atom is -0.494 e. The lowest BCUT2D eigenvalue weighted by molar-refractivity contribution is -0.170. The van der Waals surface area contributed by atoms with E-state index in [1.807, 2.05) is 36.4 Å². The average molecular weight is 703 g/mol. The fraction of sp³-hybridized carbons (Fsp3) is 0.415. The Labute approximate surface area is 301 Å². The first kappa shape index (κ1) is 40.3. The Balaban J connectivity index is 1.32. The molecule has 0 aromatic heterocycles. The molecular weight excluding hydrogens is 652 g/mol. The first-order chi connectivity index (χ1) is 24.7. The maximum absolute atomic E-state index is 12.8. The largest absolute Gasteiger partial charge is 0.494 e. The number of carbonyl (C=O) groups is 4. The molecule has 3 aromatic carbocycles. The van der Waals surface area contributed by atoms with E-state index >= 15 is 0 Å². The van der Waals surface area contributed by atoms with Crippen LogP contribution in [0.25, 0.3) is 11.1 Å². The van der Waals surface area contributed by atoms with Crippen LogP contribution >= 0.6 is 0 Å². The normalized spacial score (nSPS) is 11.8. The van der Waals surface area contributed by atoms with Crippen molar-refractivity contribution in [3.05, 3.63) is 91.0 Å². The van der Waals surface area contributed by atoms with Gasteiger partial charge in [0.2, 0.25) is 0 Å². The highest BCUT2D eigenvalue weighted by atomic mass is 16.6. The molecule has 51 heavy (non-hydrogen) atoms. The van der Waals surface area contributed by atoms with Gasteiger partial charge in [-0.25, -0.2) is 19.2 Å². The highest BCUT2D eigenvalue weighted by Crippen LogP contribution is 2.25. The minimum atomic E-state index is -1.04. The van der Waals surface area contributed by atoms with Gasteiger partial charge in [0.05, 0.1) is 25.4 Å². The van der Waals surface area contributed by atoms with Crippen LogP contribution in [0.1, 0.15) is 88.9 Å². The highest BCUT2D eigenvalue weighted by molar-refractivity contribution is 5.91. The average Bonchev–Trinajstić information content (AvgIpc) is 3.14. The Morgan fingerprint density at radius 1 is 0.608 bits per heavy atom. The van der Waals surface area contributed by atoms with Crippen molar-refractivity contribution in [1.82, 2.24) is 0 Å². The monoisotopic (exact) mass is 702 g/mol. The Bertz CT molecular complexity index is 1510. The zero-order valence-corrected chi connectivity index (χ0v) is 29.9. The zero-order valence-electron chi connectivity index (χ0n) is 29.9. The second-order valence-corrected chi connectivity index (χ2v) is 12.0. The van der Waals surface area contributed by atoms with Gasteiger partial charge in [-0.1, -0.05) is 75.8 Å². The third-order valence-electron chi connectivity index (χ3n) is 7.87. The van der Waals surface area contributed by atoms with Crippen molar-refractivity contribution in [2.75, 3.05) is 19.8 Å². The molecule has 0 aliphatic rings. The second kappa shape index (κ2) is 22.6. The second-order valence-electron chi connectivity index (χ2n) is 12.0. The maximum Gasteiger partial charge on any atom is 0.347 e. The molecular formula is C41H50O10. The van der Waals surface area contributed by atoms with Gasteiger partial charge in [-0.15, -0.1) is 0 Å². The summed E-state index contributed by atoms with van der Waals surface area (Å²) in [4.78, 5) is 47.7. The summed E-state index contributed by atoms with van der Waals surface area (Å²) < 4.78 is 31.9. The third kappa shape index (κ3) is 15.1. The number of hydrogen-bond donors (Lipinski definition) is 0. The number of hydrogen-bond acceptors (Lipinski definition) is 10. The van der Waals surface area contributed by atoms with Gasteiger partial charge in [-0.05, 0) is 93.3 Å². The molecule has 0 unspecified atom stereocenters. The summed E-state index contributed by atoms with van der Waals surface area (Å²) in [5.41, 5.74) is 2.36. The summed E-state index contributed by atoms with van der Waals surface area (Å²) in [7, 11) is 0. The van der Waals surface area contributed by atoms with Gasteiger partial charge in [0.1, 0.15) is 17.2 Å². The number of carbonyl (C=O) groups excluding carboxylic acids is 4. The van der Waals surface area contributed by atoms with Crippen LogP contribution in [0.2, 0.25) is 0 Å². The van der Waals surface area contributed by atoms with Crippen molar-refractivity contribution in [2.24, 2.45) is 0 Å². The highest BCUT2D eigenvalue weighted by Gasteiger charge is 2.24. The van der Waals surface area contributed by atoms with Gasteiger partial charge >= 0.3 is 23.9 Å². The van der Waals surface area contributed by atoms with Gasteiger partial charge < -0.3 is 28.4 Å². The van der Waals surface area contributed by atoms with Crippen LogP contribution in [0, 0.1) is 0 Å². The van der Waals surface area contributed by atoms with Crippen molar-refractivity contribution in [1.29, 1.82) is 0 Å². The molecule has 3 rings (SSSR count). The van der Waals surface area contributed by atoms with E-state index in [1.165, 1.54) is 52.0 Å². The summed E-state index contributed by atoms with van der Waals surface area (Å²) in [5, 5.41) is 0. The van der Waals surface area contributed by atoms with Crippen molar-refractivity contribution < 1.29 is 47.6 Å². The van der Waals surface area contributed by atoms with Crippen molar-refractivity contribution in [2.45, 2.75) is 90.8 Å². The van der Waals surface area contributed by atoms with Gasteiger partial charge in [-0.2, -0.15) is 0 Å². The van der Waals surface area contributed by atoms with E-state index < -0.39 is 30.1 Å². The zero-order chi connectivity index (χ0) is 36.8. The molecule has 0 amide bonds. The van der Waals surface area contributed by atoms with Crippen molar-refractivity contribution in [3.8, 4) is 28.4 Å².